The minimum Gasteiger partial charge on any atom is -0.319 e. The summed E-state index contributed by atoms with van der Waals surface area (Å²) in [7, 11) is 0. The van der Waals surface area contributed by atoms with Crippen molar-refractivity contribution in [2.24, 2.45) is 0 Å². The number of amides is 2. The minimum atomic E-state index is -0.520. The summed E-state index contributed by atoms with van der Waals surface area (Å²) in [5.41, 5.74) is 0. The molecule has 0 aromatic heterocycles. The number of likely N-dealkylation sites (N-methyl/N-ethyl adjacent to an activating group) is 2. The number of piperazine rings is 1. The van der Waals surface area contributed by atoms with Crippen molar-refractivity contribution in [2.75, 3.05) is 13.1 Å². The van der Waals surface area contributed by atoms with Crippen molar-refractivity contribution in [1.29, 1.82) is 0 Å². The number of alkyl halides is 2. The van der Waals surface area contributed by atoms with Crippen LogP contribution in [0.25, 0.3) is 0 Å². The normalized spacial score (nSPS) is 28.6. The van der Waals surface area contributed by atoms with Gasteiger partial charge in [-0.05, 0) is 13.8 Å². The molecule has 1 aliphatic heterocycles. The van der Waals surface area contributed by atoms with Gasteiger partial charge in [-0.25, -0.2) is 0 Å². The number of rotatable bonds is 2. The molecule has 0 radical (unpaired) electrons. The lowest BCUT2D eigenvalue weighted by Crippen LogP contribution is -2.60. The van der Waals surface area contributed by atoms with Crippen LogP contribution in [0.4, 0.5) is 0 Å². The zero-order valence-electron chi connectivity index (χ0n) is 8.04. The van der Waals surface area contributed by atoms with Crippen molar-refractivity contribution in [1.82, 2.24) is 9.80 Å². The van der Waals surface area contributed by atoms with E-state index >= 15 is 0 Å². The second kappa shape index (κ2) is 4.61. The van der Waals surface area contributed by atoms with E-state index in [-0.39, 0.29) is 11.8 Å². The van der Waals surface area contributed by atoms with Crippen LogP contribution in [0, 0.1) is 0 Å². The van der Waals surface area contributed by atoms with Crippen molar-refractivity contribution in [3.05, 3.63) is 0 Å². The summed E-state index contributed by atoms with van der Waals surface area (Å²) < 4.78 is 0. The van der Waals surface area contributed by atoms with Gasteiger partial charge in [-0.1, -0.05) is 31.9 Å². The van der Waals surface area contributed by atoms with E-state index in [1.165, 1.54) is 9.80 Å². The summed E-state index contributed by atoms with van der Waals surface area (Å²) in [6.45, 7) is 4.75. The van der Waals surface area contributed by atoms with Gasteiger partial charge in [0.05, 0.1) is 0 Å². The Bertz CT molecular complexity index is 234. The maximum Gasteiger partial charge on any atom is 0.257 e. The Morgan fingerprint density at radius 1 is 1.00 bits per heavy atom. The van der Waals surface area contributed by atoms with Gasteiger partial charge in [-0.2, -0.15) is 0 Å². The summed E-state index contributed by atoms with van der Waals surface area (Å²) in [6, 6.07) is 0. The van der Waals surface area contributed by atoms with E-state index in [0.717, 1.165) is 0 Å². The number of halogens is 2. The molecule has 0 unspecified atom stereocenters. The monoisotopic (exact) mass is 326 g/mol. The van der Waals surface area contributed by atoms with Gasteiger partial charge in [0, 0.05) is 13.1 Å². The molecule has 2 amide bonds. The van der Waals surface area contributed by atoms with Crippen molar-refractivity contribution >= 4 is 43.7 Å². The first-order chi connectivity index (χ1) is 6.54. The van der Waals surface area contributed by atoms with Crippen molar-refractivity contribution < 1.29 is 9.59 Å². The fraction of sp³-hybridized carbons (Fsp3) is 0.750. The fourth-order valence-electron chi connectivity index (χ4n) is 1.40. The number of hydrogen-bond acceptors (Lipinski definition) is 2. The van der Waals surface area contributed by atoms with Crippen LogP contribution in [0.3, 0.4) is 0 Å². The highest BCUT2D eigenvalue weighted by molar-refractivity contribution is 9.10. The SMILES string of the molecule is CCN1C(=O)[C@H](Br)N(CC)C(=O)[C@@H]1Br. The van der Waals surface area contributed by atoms with Gasteiger partial charge in [0.25, 0.3) is 11.8 Å². The van der Waals surface area contributed by atoms with E-state index < -0.39 is 9.90 Å². The number of carbonyl (C=O) groups is 2. The lowest BCUT2D eigenvalue weighted by Gasteiger charge is -2.39. The van der Waals surface area contributed by atoms with Crippen LogP contribution in [0.15, 0.2) is 0 Å². The molecule has 6 heteroatoms. The van der Waals surface area contributed by atoms with Gasteiger partial charge in [0.2, 0.25) is 0 Å². The second-order valence-electron chi connectivity index (χ2n) is 2.92. The van der Waals surface area contributed by atoms with Crippen LogP contribution in [-0.2, 0) is 9.59 Å². The van der Waals surface area contributed by atoms with Gasteiger partial charge in [-0.15, -0.1) is 0 Å². The average molecular weight is 328 g/mol. The molecular weight excluding hydrogens is 316 g/mol. The molecular formula is C8H12Br2N2O2. The predicted octanol–water partition coefficient (Wildman–Crippen LogP) is 1.14. The lowest BCUT2D eigenvalue weighted by molar-refractivity contribution is -0.152. The quantitative estimate of drug-likeness (QED) is 0.563. The first kappa shape index (κ1) is 12.0. The van der Waals surface area contributed by atoms with Crippen LogP contribution >= 0.6 is 31.9 Å². The maximum atomic E-state index is 11.7. The summed E-state index contributed by atoms with van der Waals surface area (Å²) in [4.78, 5) is 25.4. The van der Waals surface area contributed by atoms with Crippen molar-refractivity contribution in [3.63, 3.8) is 0 Å². The van der Waals surface area contributed by atoms with Crippen LogP contribution in [0.2, 0.25) is 0 Å². The first-order valence-corrected chi connectivity index (χ1v) is 6.26. The summed E-state index contributed by atoms with van der Waals surface area (Å²) in [5, 5.41) is 0. The van der Waals surface area contributed by atoms with E-state index in [1.54, 1.807) is 0 Å². The molecule has 1 heterocycles. The van der Waals surface area contributed by atoms with Crippen LogP contribution in [0.5, 0.6) is 0 Å². The van der Waals surface area contributed by atoms with E-state index in [2.05, 4.69) is 31.9 Å². The molecule has 0 spiro atoms. The van der Waals surface area contributed by atoms with Gasteiger partial charge in [-0.3, -0.25) is 9.59 Å². The topological polar surface area (TPSA) is 40.6 Å². The molecule has 0 saturated carbocycles. The van der Waals surface area contributed by atoms with E-state index in [4.69, 9.17) is 0 Å². The highest BCUT2D eigenvalue weighted by Gasteiger charge is 2.42. The molecule has 1 rings (SSSR count). The zero-order chi connectivity index (χ0) is 10.9. The summed E-state index contributed by atoms with van der Waals surface area (Å²) in [5.74, 6) is -0.147. The Morgan fingerprint density at radius 2 is 1.29 bits per heavy atom. The lowest BCUT2D eigenvalue weighted by atomic mass is 10.3. The first-order valence-electron chi connectivity index (χ1n) is 4.43. The molecule has 14 heavy (non-hydrogen) atoms. The molecule has 2 atom stereocenters. The molecule has 0 aliphatic carbocycles. The Kier molecular flexibility index (Phi) is 3.94. The van der Waals surface area contributed by atoms with Crippen LogP contribution in [-0.4, -0.2) is 44.6 Å². The number of carbonyl (C=O) groups excluding carboxylic acids is 2. The smallest absolute Gasteiger partial charge is 0.257 e. The Labute approximate surface area is 99.9 Å². The third kappa shape index (κ3) is 1.82. The van der Waals surface area contributed by atoms with Gasteiger partial charge in [0.1, 0.15) is 0 Å². The van der Waals surface area contributed by atoms with Crippen LogP contribution in [0.1, 0.15) is 13.8 Å². The molecule has 0 bridgehead atoms. The Balaban J connectivity index is 2.93. The fourth-order valence-corrected chi connectivity index (χ4v) is 2.90. The zero-order valence-corrected chi connectivity index (χ0v) is 11.2. The molecule has 1 saturated heterocycles. The Morgan fingerprint density at radius 3 is 1.50 bits per heavy atom. The molecule has 80 valence electrons. The summed E-state index contributed by atoms with van der Waals surface area (Å²) >= 11 is 6.44. The average Bonchev–Trinajstić information content (AvgIpc) is 2.17. The van der Waals surface area contributed by atoms with Gasteiger partial charge < -0.3 is 9.80 Å². The largest absolute Gasteiger partial charge is 0.319 e. The molecule has 0 N–H and O–H groups in total. The van der Waals surface area contributed by atoms with Crippen molar-refractivity contribution in [3.8, 4) is 0 Å². The molecule has 1 aliphatic rings. The van der Waals surface area contributed by atoms with E-state index in [1.807, 2.05) is 13.8 Å². The number of nitrogens with zero attached hydrogens (tertiary/aromatic N) is 2. The van der Waals surface area contributed by atoms with Gasteiger partial charge >= 0.3 is 0 Å². The molecule has 0 aromatic carbocycles. The predicted molar refractivity (Wildman–Crippen MR) is 60.2 cm³/mol. The standard InChI is InChI=1S/C8H12Br2N2O2/c1-3-11-5(9)8(14)12(4-2)6(10)7(11)13/h5-6H,3-4H2,1-2H3/t5-,6-/m1/s1. The molecule has 4 nitrogen and oxygen atoms in total. The third-order valence-electron chi connectivity index (χ3n) is 2.20. The summed E-state index contributed by atoms with van der Waals surface area (Å²) in [6.07, 6.45) is 0. The van der Waals surface area contributed by atoms with Crippen molar-refractivity contribution in [2.45, 2.75) is 23.7 Å². The third-order valence-corrected chi connectivity index (χ3v) is 3.97. The highest BCUT2D eigenvalue weighted by atomic mass is 79.9. The maximum absolute atomic E-state index is 11.7. The van der Waals surface area contributed by atoms with Crippen LogP contribution < -0.4 is 0 Å². The highest BCUT2D eigenvalue weighted by Crippen LogP contribution is 2.24. The minimum absolute atomic E-state index is 0.0733. The Hall–Kier alpha value is -0.100. The van der Waals surface area contributed by atoms with Gasteiger partial charge in [0.15, 0.2) is 9.90 Å². The molecule has 0 aromatic rings. The number of hydrogen-bond donors (Lipinski definition) is 0. The molecule has 1 fully saturated rings. The van der Waals surface area contributed by atoms with E-state index in [9.17, 15) is 9.59 Å². The second-order valence-corrected chi connectivity index (χ2v) is 4.65. The van der Waals surface area contributed by atoms with E-state index in [0.29, 0.717) is 13.1 Å².